The molecule has 0 saturated heterocycles. The van der Waals surface area contributed by atoms with Crippen LogP contribution in [-0.4, -0.2) is 19.9 Å². The lowest BCUT2D eigenvalue weighted by Gasteiger charge is -2.19. The lowest BCUT2D eigenvalue weighted by Crippen LogP contribution is -2.21. The Labute approximate surface area is 135 Å². The van der Waals surface area contributed by atoms with Crippen LogP contribution in [0.3, 0.4) is 0 Å². The minimum Gasteiger partial charge on any atom is -0.508 e. The molecule has 0 bridgehead atoms. The van der Waals surface area contributed by atoms with Gasteiger partial charge in [0.05, 0.1) is 0 Å². The smallest absolute Gasteiger partial charge is 0.157 e. The number of phenols is 1. The maximum Gasteiger partial charge on any atom is 0.157 e. The van der Waals surface area contributed by atoms with Crippen molar-refractivity contribution in [1.82, 2.24) is 20.1 Å². The number of nitrogens with one attached hydrogen (secondary N) is 1. The monoisotopic (exact) mass is 308 g/mol. The van der Waals surface area contributed by atoms with E-state index in [0.29, 0.717) is 12.3 Å². The molecule has 3 aromatic rings. The summed E-state index contributed by atoms with van der Waals surface area (Å²) >= 11 is 0. The molecule has 0 fully saturated rings. The molecule has 0 saturated carbocycles. The fourth-order valence-corrected chi connectivity index (χ4v) is 2.66. The maximum atomic E-state index is 10.0. The highest BCUT2D eigenvalue weighted by Gasteiger charge is 2.14. The Morgan fingerprint density at radius 2 is 2.00 bits per heavy atom. The fourth-order valence-electron chi connectivity index (χ4n) is 2.66. The molecule has 0 radical (unpaired) electrons. The number of aromatic hydroxyl groups is 1. The van der Waals surface area contributed by atoms with Crippen LogP contribution in [0.25, 0.3) is 5.82 Å². The van der Waals surface area contributed by atoms with E-state index in [1.54, 1.807) is 23.1 Å². The first-order valence-corrected chi connectivity index (χ1v) is 7.74. The summed E-state index contributed by atoms with van der Waals surface area (Å²) in [6, 6.07) is 13.4. The predicted molar refractivity (Wildman–Crippen MR) is 89.3 cm³/mol. The summed E-state index contributed by atoms with van der Waals surface area (Å²) in [5.41, 5.74) is 1.98. The molecule has 1 aromatic carbocycles. The van der Waals surface area contributed by atoms with Crippen molar-refractivity contribution in [1.29, 1.82) is 0 Å². The van der Waals surface area contributed by atoms with E-state index < -0.39 is 0 Å². The van der Waals surface area contributed by atoms with Gasteiger partial charge in [-0.15, -0.1) is 0 Å². The zero-order valence-corrected chi connectivity index (χ0v) is 13.1. The van der Waals surface area contributed by atoms with Crippen LogP contribution < -0.4 is 5.32 Å². The van der Waals surface area contributed by atoms with Gasteiger partial charge in [0.2, 0.25) is 0 Å². The summed E-state index contributed by atoms with van der Waals surface area (Å²) in [5, 5.41) is 17.8. The standard InChI is InChI=1S/C18H20N4O/c1-2-16(15-8-3-4-9-17(15)23)20-13-14-7-5-10-19-18(14)22-12-6-11-21-22/h3-12,16,20,23H,2,13H2,1H3. The van der Waals surface area contributed by atoms with Crippen molar-refractivity contribution in [3.8, 4) is 11.6 Å². The third-order valence-corrected chi connectivity index (χ3v) is 3.85. The van der Waals surface area contributed by atoms with Gasteiger partial charge in [0.1, 0.15) is 5.75 Å². The minimum absolute atomic E-state index is 0.0851. The molecule has 0 aliphatic heterocycles. The lowest BCUT2D eigenvalue weighted by molar-refractivity contribution is 0.440. The topological polar surface area (TPSA) is 63.0 Å². The first kappa shape index (κ1) is 15.2. The summed E-state index contributed by atoms with van der Waals surface area (Å²) in [4.78, 5) is 4.43. The molecule has 2 heterocycles. The zero-order chi connectivity index (χ0) is 16.1. The zero-order valence-electron chi connectivity index (χ0n) is 13.1. The van der Waals surface area contributed by atoms with E-state index in [-0.39, 0.29) is 6.04 Å². The highest BCUT2D eigenvalue weighted by molar-refractivity contribution is 5.36. The number of para-hydroxylation sites is 1. The molecule has 0 aliphatic carbocycles. The van der Waals surface area contributed by atoms with Crippen LogP contribution in [0.2, 0.25) is 0 Å². The van der Waals surface area contributed by atoms with Crippen LogP contribution in [0.4, 0.5) is 0 Å². The Bertz CT molecular complexity index is 755. The quantitative estimate of drug-likeness (QED) is 0.734. The average molecular weight is 308 g/mol. The number of benzene rings is 1. The van der Waals surface area contributed by atoms with Crippen LogP contribution in [0, 0.1) is 0 Å². The first-order valence-electron chi connectivity index (χ1n) is 7.74. The molecule has 1 atom stereocenters. The van der Waals surface area contributed by atoms with E-state index in [9.17, 15) is 5.11 Å². The number of hydrogen-bond donors (Lipinski definition) is 2. The highest BCUT2D eigenvalue weighted by atomic mass is 16.3. The molecule has 23 heavy (non-hydrogen) atoms. The number of pyridine rings is 1. The van der Waals surface area contributed by atoms with Gasteiger partial charge in [0.25, 0.3) is 0 Å². The van der Waals surface area contributed by atoms with Crippen LogP contribution in [0.15, 0.2) is 61.1 Å². The largest absolute Gasteiger partial charge is 0.508 e. The fraction of sp³-hybridized carbons (Fsp3) is 0.222. The van der Waals surface area contributed by atoms with E-state index in [1.165, 1.54) is 0 Å². The number of rotatable bonds is 6. The van der Waals surface area contributed by atoms with Gasteiger partial charge in [-0.3, -0.25) is 0 Å². The molecule has 2 aromatic heterocycles. The van der Waals surface area contributed by atoms with Crippen LogP contribution >= 0.6 is 0 Å². The van der Waals surface area contributed by atoms with Gasteiger partial charge in [0.15, 0.2) is 5.82 Å². The SMILES string of the molecule is CCC(NCc1cccnc1-n1cccn1)c1ccccc1O. The molecule has 0 aliphatic rings. The Morgan fingerprint density at radius 3 is 2.74 bits per heavy atom. The second kappa shape index (κ2) is 7.07. The summed E-state index contributed by atoms with van der Waals surface area (Å²) in [6.07, 6.45) is 6.27. The molecular formula is C18H20N4O. The summed E-state index contributed by atoms with van der Waals surface area (Å²) < 4.78 is 1.76. The van der Waals surface area contributed by atoms with Crippen molar-refractivity contribution >= 4 is 0 Å². The summed E-state index contributed by atoms with van der Waals surface area (Å²) in [5.74, 6) is 1.14. The van der Waals surface area contributed by atoms with Crippen molar-refractivity contribution in [3.05, 3.63) is 72.2 Å². The molecule has 3 rings (SSSR count). The minimum atomic E-state index is 0.0851. The van der Waals surface area contributed by atoms with E-state index in [2.05, 4.69) is 22.3 Å². The van der Waals surface area contributed by atoms with Crippen LogP contribution in [0.5, 0.6) is 5.75 Å². The lowest BCUT2D eigenvalue weighted by atomic mass is 10.0. The van der Waals surface area contributed by atoms with Crippen molar-refractivity contribution in [2.75, 3.05) is 0 Å². The molecule has 2 N–H and O–H groups in total. The van der Waals surface area contributed by atoms with Gasteiger partial charge in [-0.1, -0.05) is 31.2 Å². The molecule has 5 heteroatoms. The van der Waals surface area contributed by atoms with E-state index in [4.69, 9.17) is 0 Å². The van der Waals surface area contributed by atoms with Crippen molar-refractivity contribution in [3.63, 3.8) is 0 Å². The Hall–Kier alpha value is -2.66. The summed E-state index contributed by atoms with van der Waals surface area (Å²) in [6.45, 7) is 2.75. The Morgan fingerprint density at radius 1 is 1.13 bits per heavy atom. The molecule has 5 nitrogen and oxygen atoms in total. The van der Waals surface area contributed by atoms with Gasteiger partial charge in [0, 0.05) is 42.3 Å². The molecule has 0 amide bonds. The van der Waals surface area contributed by atoms with Crippen LogP contribution in [0.1, 0.15) is 30.5 Å². The van der Waals surface area contributed by atoms with Gasteiger partial charge in [-0.2, -0.15) is 5.10 Å². The maximum absolute atomic E-state index is 10.0. The summed E-state index contributed by atoms with van der Waals surface area (Å²) in [7, 11) is 0. The van der Waals surface area contributed by atoms with Crippen molar-refractivity contribution in [2.24, 2.45) is 0 Å². The van der Waals surface area contributed by atoms with E-state index in [1.807, 2.05) is 42.6 Å². The molecule has 1 unspecified atom stereocenters. The molecular weight excluding hydrogens is 288 g/mol. The number of hydrogen-bond acceptors (Lipinski definition) is 4. The number of phenolic OH excluding ortho intramolecular Hbond substituents is 1. The second-order valence-electron chi connectivity index (χ2n) is 5.34. The van der Waals surface area contributed by atoms with E-state index >= 15 is 0 Å². The third kappa shape index (κ3) is 3.40. The highest BCUT2D eigenvalue weighted by Crippen LogP contribution is 2.26. The normalized spacial score (nSPS) is 12.2. The van der Waals surface area contributed by atoms with Crippen molar-refractivity contribution in [2.45, 2.75) is 25.9 Å². The predicted octanol–water partition coefficient (Wildman–Crippen LogP) is 3.21. The first-order chi connectivity index (χ1) is 11.3. The van der Waals surface area contributed by atoms with Gasteiger partial charge in [-0.25, -0.2) is 9.67 Å². The van der Waals surface area contributed by atoms with Gasteiger partial charge < -0.3 is 10.4 Å². The Balaban J connectivity index is 1.79. The van der Waals surface area contributed by atoms with Gasteiger partial charge >= 0.3 is 0 Å². The second-order valence-corrected chi connectivity index (χ2v) is 5.34. The van der Waals surface area contributed by atoms with Gasteiger partial charge in [-0.05, 0) is 24.6 Å². The van der Waals surface area contributed by atoms with E-state index in [0.717, 1.165) is 23.4 Å². The van der Waals surface area contributed by atoms with Crippen molar-refractivity contribution < 1.29 is 5.11 Å². The molecule has 0 spiro atoms. The molecule has 118 valence electrons. The number of nitrogens with zero attached hydrogens (tertiary/aromatic N) is 3. The number of aromatic nitrogens is 3. The average Bonchev–Trinajstić information content (AvgIpc) is 3.11. The third-order valence-electron chi connectivity index (χ3n) is 3.85. The Kier molecular flexibility index (Phi) is 4.68. The van der Waals surface area contributed by atoms with Crippen LogP contribution in [-0.2, 0) is 6.54 Å².